The molecule has 0 spiro atoms. The van der Waals surface area contributed by atoms with Crippen molar-refractivity contribution in [1.29, 1.82) is 5.26 Å². The minimum atomic E-state index is -0.326. The Morgan fingerprint density at radius 2 is 1.64 bits per heavy atom. The zero-order valence-electron chi connectivity index (χ0n) is 13.8. The largest absolute Gasteiger partial charge is 0.494 e. The molecule has 0 aromatic heterocycles. The van der Waals surface area contributed by atoms with Gasteiger partial charge in [-0.2, -0.15) is 5.26 Å². The molecule has 0 radical (unpaired) electrons. The van der Waals surface area contributed by atoms with E-state index in [1.54, 1.807) is 0 Å². The van der Waals surface area contributed by atoms with Gasteiger partial charge in [0.1, 0.15) is 0 Å². The summed E-state index contributed by atoms with van der Waals surface area (Å²) in [5.41, 5.74) is 1.27. The van der Waals surface area contributed by atoms with Crippen molar-refractivity contribution in [3.05, 3.63) is 24.3 Å². The van der Waals surface area contributed by atoms with Crippen molar-refractivity contribution in [2.75, 3.05) is 11.9 Å². The summed E-state index contributed by atoms with van der Waals surface area (Å²) in [6, 6.07) is 10.5. The Bertz CT molecular complexity index is 584. The van der Waals surface area contributed by atoms with Crippen molar-refractivity contribution < 1.29 is 9.31 Å². The van der Waals surface area contributed by atoms with E-state index in [-0.39, 0.29) is 23.7 Å². The van der Waals surface area contributed by atoms with E-state index >= 15 is 0 Å². The van der Waals surface area contributed by atoms with Crippen LogP contribution in [0.1, 0.15) is 40.5 Å². The Balaban J connectivity index is 1.64. The van der Waals surface area contributed by atoms with Gasteiger partial charge in [-0.25, -0.2) is 0 Å². The third kappa shape index (κ3) is 2.73. The van der Waals surface area contributed by atoms with Crippen LogP contribution in [0, 0.1) is 16.7 Å². The van der Waals surface area contributed by atoms with E-state index in [0.29, 0.717) is 0 Å². The lowest BCUT2D eigenvalue weighted by molar-refractivity contribution is 0.00578. The molecular weight excluding hydrogens is 275 g/mol. The predicted octanol–water partition coefficient (Wildman–Crippen LogP) is 2.70. The topological polar surface area (TPSA) is 54.3 Å². The van der Waals surface area contributed by atoms with Crippen LogP contribution in [-0.2, 0) is 9.31 Å². The molecule has 1 aromatic rings. The lowest BCUT2D eigenvalue weighted by atomic mass is 9.79. The second-order valence-electron chi connectivity index (χ2n) is 7.46. The number of hydrogen-bond acceptors (Lipinski definition) is 4. The summed E-state index contributed by atoms with van der Waals surface area (Å²) in [6.07, 6.45) is 2.00. The molecule has 1 heterocycles. The van der Waals surface area contributed by atoms with E-state index < -0.39 is 0 Å². The lowest BCUT2D eigenvalue weighted by Gasteiger charge is -2.32. The molecule has 22 heavy (non-hydrogen) atoms. The number of benzene rings is 1. The molecule has 1 aliphatic heterocycles. The maximum Gasteiger partial charge on any atom is 0.494 e. The zero-order valence-corrected chi connectivity index (χ0v) is 13.8. The highest BCUT2D eigenvalue weighted by atomic mass is 16.7. The van der Waals surface area contributed by atoms with Crippen LogP contribution in [0.5, 0.6) is 0 Å². The summed E-state index contributed by atoms with van der Waals surface area (Å²) >= 11 is 0. The monoisotopic (exact) mass is 298 g/mol. The normalized spacial score (nSPS) is 23.9. The molecule has 116 valence electrons. The average Bonchev–Trinajstić information content (AvgIpc) is 3.20. The predicted molar refractivity (Wildman–Crippen MR) is 87.9 cm³/mol. The average molecular weight is 298 g/mol. The number of nitriles is 1. The SMILES string of the molecule is CC1(C)OB(c2ccc(NCC3(C#N)CC3)cc2)OC1(C)C. The molecule has 1 saturated heterocycles. The maximum absolute atomic E-state index is 9.10. The fourth-order valence-corrected chi connectivity index (χ4v) is 2.49. The molecule has 1 aromatic carbocycles. The van der Waals surface area contributed by atoms with Crippen LogP contribution in [0.15, 0.2) is 24.3 Å². The van der Waals surface area contributed by atoms with Gasteiger partial charge in [0, 0.05) is 12.2 Å². The molecule has 1 saturated carbocycles. The molecule has 2 fully saturated rings. The number of rotatable bonds is 4. The molecule has 1 N–H and O–H groups in total. The third-order valence-corrected chi connectivity index (χ3v) is 5.16. The van der Waals surface area contributed by atoms with E-state index in [2.05, 4.69) is 39.1 Å². The number of anilines is 1. The minimum Gasteiger partial charge on any atom is -0.399 e. The van der Waals surface area contributed by atoms with E-state index in [1.165, 1.54) is 0 Å². The molecule has 4 nitrogen and oxygen atoms in total. The molecule has 1 aliphatic carbocycles. The van der Waals surface area contributed by atoms with E-state index in [1.807, 2.05) is 24.3 Å². The Hall–Kier alpha value is -1.51. The first kappa shape index (κ1) is 15.4. The van der Waals surface area contributed by atoms with Crippen molar-refractivity contribution in [1.82, 2.24) is 0 Å². The fraction of sp³-hybridized carbons (Fsp3) is 0.588. The standard InChI is InChI=1S/C17H23BN2O2/c1-15(2)16(3,4)22-18(21-15)13-5-7-14(8-6-13)20-12-17(11-19)9-10-17/h5-8,20H,9-10,12H2,1-4H3. The smallest absolute Gasteiger partial charge is 0.399 e. The van der Waals surface area contributed by atoms with Crippen molar-refractivity contribution in [2.45, 2.75) is 51.7 Å². The zero-order chi connectivity index (χ0) is 16.0. The van der Waals surface area contributed by atoms with Gasteiger partial charge < -0.3 is 14.6 Å². The van der Waals surface area contributed by atoms with E-state index in [4.69, 9.17) is 14.6 Å². The summed E-state index contributed by atoms with van der Waals surface area (Å²) in [4.78, 5) is 0. The van der Waals surface area contributed by atoms with Gasteiger partial charge >= 0.3 is 7.12 Å². The molecule has 0 unspecified atom stereocenters. The Kier molecular flexibility index (Phi) is 3.50. The van der Waals surface area contributed by atoms with Gasteiger partial charge in [0.25, 0.3) is 0 Å². The molecular formula is C17H23BN2O2. The summed E-state index contributed by atoms with van der Waals surface area (Å²) in [5, 5.41) is 12.4. The molecule has 3 rings (SSSR count). The van der Waals surface area contributed by atoms with Crippen LogP contribution in [0.25, 0.3) is 0 Å². The van der Waals surface area contributed by atoms with Gasteiger partial charge in [0.15, 0.2) is 0 Å². The van der Waals surface area contributed by atoms with Gasteiger partial charge in [-0.3, -0.25) is 0 Å². The highest BCUT2D eigenvalue weighted by Gasteiger charge is 2.51. The van der Waals surface area contributed by atoms with E-state index in [9.17, 15) is 0 Å². The Labute approximate surface area is 132 Å². The molecule has 0 bridgehead atoms. The number of hydrogen-bond donors (Lipinski definition) is 1. The summed E-state index contributed by atoms with van der Waals surface area (Å²) in [6.45, 7) is 8.94. The molecule has 5 heteroatoms. The first-order valence-corrected chi connectivity index (χ1v) is 7.88. The first-order chi connectivity index (χ1) is 10.3. The molecule has 2 aliphatic rings. The van der Waals surface area contributed by atoms with Gasteiger partial charge in [0.05, 0.1) is 22.7 Å². The highest BCUT2D eigenvalue weighted by Crippen LogP contribution is 2.44. The molecule has 0 atom stereocenters. The second-order valence-corrected chi connectivity index (χ2v) is 7.46. The summed E-state index contributed by atoms with van der Waals surface area (Å²) in [7, 11) is -0.326. The first-order valence-electron chi connectivity index (χ1n) is 7.88. The van der Waals surface area contributed by atoms with Crippen LogP contribution in [0.4, 0.5) is 5.69 Å². The Morgan fingerprint density at radius 3 is 2.09 bits per heavy atom. The van der Waals surface area contributed by atoms with Crippen molar-refractivity contribution in [3.63, 3.8) is 0 Å². The van der Waals surface area contributed by atoms with Gasteiger partial charge in [-0.1, -0.05) is 12.1 Å². The summed E-state index contributed by atoms with van der Waals surface area (Å²) in [5.74, 6) is 0. The fourth-order valence-electron chi connectivity index (χ4n) is 2.49. The van der Waals surface area contributed by atoms with E-state index in [0.717, 1.165) is 30.5 Å². The van der Waals surface area contributed by atoms with Gasteiger partial charge in [-0.15, -0.1) is 0 Å². The highest BCUT2D eigenvalue weighted by molar-refractivity contribution is 6.62. The van der Waals surface area contributed by atoms with Crippen LogP contribution >= 0.6 is 0 Å². The Morgan fingerprint density at radius 1 is 1.09 bits per heavy atom. The van der Waals surface area contributed by atoms with Crippen LogP contribution in [-0.4, -0.2) is 24.9 Å². The number of nitrogens with one attached hydrogen (secondary N) is 1. The maximum atomic E-state index is 9.10. The summed E-state index contributed by atoms with van der Waals surface area (Å²) < 4.78 is 12.1. The van der Waals surface area contributed by atoms with Gasteiger partial charge in [0.2, 0.25) is 0 Å². The third-order valence-electron chi connectivity index (χ3n) is 5.16. The van der Waals surface area contributed by atoms with Crippen molar-refractivity contribution in [3.8, 4) is 6.07 Å². The quantitative estimate of drug-likeness (QED) is 0.868. The second kappa shape index (κ2) is 5.01. The van der Waals surface area contributed by atoms with Crippen LogP contribution < -0.4 is 10.8 Å². The molecule has 0 amide bonds. The number of nitrogens with zero attached hydrogens (tertiary/aromatic N) is 1. The van der Waals surface area contributed by atoms with Crippen LogP contribution in [0.2, 0.25) is 0 Å². The van der Waals surface area contributed by atoms with Crippen LogP contribution in [0.3, 0.4) is 0 Å². The lowest BCUT2D eigenvalue weighted by Crippen LogP contribution is -2.41. The van der Waals surface area contributed by atoms with Crippen molar-refractivity contribution >= 4 is 18.3 Å². The van der Waals surface area contributed by atoms with Gasteiger partial charge in [-0.05, 0) is 58.1 Å². The van der Waals surface area contributed by atoms with Crippen molar-refractivity contribution in [2.24, 2.45) is 5.41 Å². The minimum absolute atomic E-state index is 0.135.